The van der Waals surface area contributed by atoms with Gasteiger partial charge in [-0.25, -0.2) is 0 Å². The van der Waals surface area contributed by atoms with E-state index in [0.29, 0.717) is 0 Å². The lowest BCUT2D eigenvalue weighted by Crippen LogP contribution is -2.01. The van der Waals surface area contributed by atoms with Crippen LogP contribution in [-0.4, -0.2) is 5.75 Å². The highest BCUT2D eigenvalue weighted by Gasteiger charge is 2.06. The third kappa shape index (κ3) is 0.991. The molecule has 0 amide bonds. The summed E-state index contributed by atoms with van der Waals surface area (Å²) in [6.45, 7) is 0. The molecule has 0 saturated carbocycles. The predicted octanol–water partition coefficient (Wildman–Crippen LogP) is 2.19. The second-order valence-corrected chi connectivity index (χ2v) is 2.89. The topological polar surface area (TPSA) is 12.0 Å². The van der Waals surface area contributed by atoms with E-state index in [-0.39, 0.29) is 0 Å². The largest absolute Gasteiger partial charge is 0.329 e. The molecule has 2 radical (unpaired) electrons. The zero-order valence-corrected chi connectivity index (χ0v) is 6.24. The molecule has 50 valence electrons. The molecular formula is C8H7NS. The standard InChI is InChI=1S/C8H7NS/c1-2-4-8-7(3-1)5-6-10-9-8/h1-4,9H,6H2. The Morgan fingerprint density at radius 1 is 1.40 bits per heavy atom. The van der Waals surface area contributed by atoms with E-state index in [1.165, 1.54) is 11.3 Å². The third-order valence-corrected chi connectivity index (χ3v) is 2.10. The van der Waals surface area contributed by atoms with E-state index in [9.17, 15) is 0 Å². The van der Waals surface area contributed by atoms with Crippen LogP contribution < -0.4 is 4.72 Å². The quantitative estimate of drug-likeness (QED) is 0.567. The first kappa shape index (κ1) is 6.10. The molecule has 1 N–H and O–H groups in total. The summed E-state index contributed by atoms with van der Waals surface area (Å²) >= 11 is 1.68. The first-order chi connectivity index (χ1) is 4.97. The van der Waals surface area contributed by atoms with E-state index in [0.717, 1.165) is 5.75 Å². The minimum atomic E-state index is 0.941. The van der Waals surface area contributed by atoms with Crippen molar-refractivity contribution in [3.8, 4) is 0 Å². The van der Waals surface area contributed by atoms with Crippen LogP contribution in [0.4, 0.5) is 5.69 Å². The molecular weight excluding hydrogens is 142 g/mol. The Bertz CT molecular complexity index is 209. The Balaban J connectivity index is 2.41. The molecule has 1 heterocycles. The highest BCUT2D eigenvalue weighted by Crippen LogP contribution is 2.26. The van der Waals surface area contributed by atoms with Crippen molar-refractivity contribution in [3.63, 3.8) is 0 Å². The fourth-order valence-corrected chi connectivity index (χ4v) is 1.59. The summed E-state index contributed by atoms with van der Waals surface area (Å²) in [7, 11) is 0. The molecule has 0 bridgehead atoms. The molecule has 1 aromatic carbocycles. The van der Waals surface area contributed by atoms with Gasteiger partial charge in [0, 0.05) is 17.9 Å². The van der Waals surface area contributed by atoms with Crippen LogP contribution in [0.2, 0.25) is 0 Å². The maximum absolute atomic E-state index is 3.26. The number of para-hydroxylation sites is 1. The summed E-state index contributed by atoms with van der Waals surface area (Å²) in [5.74, 6) is 0.941. The number of anilines is 1. The van der Waals surface area contributed by atoms with Gasteiger partial charge in [-0.1, -0.05) is 30.1 Å². The summed E-state index contributed by atoms with van der Waals surface area (Å²) in [6, 6.07) is 8.19. The maximum atomic E-state index is 3.26. The van der Waals surface area contributed by atoms with Gasteiger partial charge in [-0.15, -0.1) is 0 Å². The fourth-order valence-electron chi connectivity index (χ4n) is 0.954. The Morgan fingerprint density at radius 2 is 2.30 bits per heavy atom. The molecule has 0 saturated heterocycles. The normalized spacial score (nSPS) is 15.6. The monoisotopic (exact) mass is 149 g/mol. The molecule has 2 heteroatoms. The van der Waals surface area contributed by atoms with Crippen molar-refractivity contribution in [2.24, 2.45) is 0 Å². The van der Waals surface area contributed by atoms with E-state index >= 15 is 0 Å². The number of rotatable bonds is 0. The number of hydrogen-bond donors (Lipinski definition) is 1. The lowest BCUT2D eigenvalue weighted by molar-refractivity contribution is 1.41. The van der Waals surface area contributed by atoms with Gasteiger partial charge >= 0.3 is 0 Å². The predicted molar refractivity (Wildman–Crippen MR) is 44.9 cm³/mol. The first-order valence-electron chi connectivity index (χ1n) is 3.17. The molecule has 0 atom stereocenters. The summed E-state index contributed by atoms with van der Waals surface area (Å²) in [5, 5.41) is 0. The van der Waals surface area contributed by atoms with E-state index in [1.807, 2.05) is 12.1 Å². The van der Waals surface area contributed by atoms with Crippen molar-refractivity contribution in [1.82, 2.24) is 0 Å². The second kappa shape index (κ2) is 2.54. The molecule has 1 aliphatic rings. The van der Waals surface area contributed by atoms with E-state index < -0.39 is 0 Å². The molecule has 1 aromatic rings. The Labute approximate surface area is 65.0 Å². The van der Waals surface area contributed by atoms with Crippen molar-refractivity contribution in [1.29, 1.82) is 0 Å². The first-order valence-corrected chi connectivity index (χ1v) is 4.16. The van der Waals surface area contributed by atoms with Crippen molar-refractivity contribution in [3.05, 3.63) is 36.2 Å². The van der Waals surface area contributed by atoms with Gasteiger partial charge in [0.15, 0.2) is 0 Å². The Morgan fingerprint density at radius 3 is 3.20 bits per heavy atom. The van der Waals surface area contributed by atoms with Crippen molar-refractivity contribution >= 4 is 17.6 Å². The molecule has 1 aliphatic heterocycles. The van der Waals surface area contributed by atoms with E-state index in [2.05, 4.69) is 23.3 Å². The molecule has 2 rings (SSSR count). The van der Waals surface area contributed by atoms with Gasteiger partial charge in [0.2, 0.25) is 0 Å². The molecule has 0 fully saturated rings. The minimum Gasteiger partial charge on any atom is -0.329 e. The number of nitrogens with one attached hydrogen (secondary N) is 1. The van der Waals surface area contributed by atoms with Crippen molar-refractivity contribution in [2.45, 2.75) is 0 Å². The number of fused-ring (bicyclic) bond motifs is 1. The third-order valence-electron chi connectivity index (χ3n) is 1.44. The average Bonchev–Trinajstić information content (AvgIpc) is 2.05. The van der Waals surface area contributed by atoms with Crippen LogP contribution in [0, 0.1) is 6.42 Å². The van der Waals surface area contributed by atoms with Gasteiger partial charge in [-0.3, -0.25) is 0 Å². The molecule has 10 heavy (non-hydrogen) atoms. The van der Waals surface area contributed by atoms with Crippen molar-refractivity contribution in [2.75, 3.05) is 10.5 Å². The maximum Gasteiger partial charge on any atom is 0.0478 e. The van der Waals surface area contributed by atoms with Crippen LogP contribution in [-0.2, 0) is 0 Å². The van der Waals surface area contributed by atoms with Gasteiger partial charge in [0.25, 0.3) is 0 Å². The minimum absolute atomic E-state index is 0.941. The van der Waals surface area contributed by atoms with Crippen LogP contribution in [0.3, 0.4) is 0 Å². The van der Waals surface area contributed by atoms with Crippen molar-refractivity contribution < 1.29 is 0 Å². The van der Waals surface area contributed by atoms with Crippen LogP contribution >= 0.6 is 11.9 Å². The Kier molecular flexibility index (Phi) is 1.55. The van der Waals surface area contributed by atoms with Gasteiger partial charge in [-0.2, -0.15) is 0 Å². The summed E-state index contributed by atoms with van der Waals surface area (Å²) in [4.78, 5) is 0. The van der Waals surface area contributed by atoms with Gasteiger partial charge in [0.05, 0.1) is 0 Å². The van der Waals surface area contributed by atoms with Crippen LogP contribution in [0.25, 0.3) is 0 Å². The van der Waals surface area contributed by atoms with E-state index in [1.54, 1.807) is 11.9 Å². The van der Waals surface area contributed by atoms with Crippen LogP contribution in [0.15, 0.2) is 24.3 Å². The summed E-state index contributed by atoms with van der Waals surface area (Å²) < 4.78 is 3.22. The molecule has 1 nitrogen and oxygen atoms in total. The zero-order chi connectivity index (χ0) is 6.81. The second-order valence-electron chi connectivity index (χ2n) is 2.11. The van der Waals surface area contributed by atoms with Crippen LogP contribution in [0.5, 0.6) is 0 Å². The molecule has 0 unspecified atom stereocenters. The lowest BCUT2D eigenvalue weighted by atomic mass is 10.1. The van der Waals surface area contributed by atoms with E-state index in [4.69, 9.17) is 0 Å². The molecule has 0 aliphatic carbocycles. The number of hydrogen-bond acceptors (Lipinski definition) is 2. The summed E-state index contributed by atoms with van der Waals surface area (Å²) in [6.07, 6.45) is 3.26. The smallest absolute Gasteiger partial charge is 0.0478 e. The lowest BCUT2D eigenvalue weighted by Gasteiger charge is -2.14. The van der Waals surface area contributed by atoms with Gasteiger partial charge < -0.3 is 4.72 Å². The zero-order valence-electron chi connectivity index (χ0n) is 5.42. The highest BCUT2D eigenvalue weighted by atomic mass is 32.2. The summed E-state index contributed by atoms with van der Waals surface area (Å²) in [5.41, 5.74) is 2.38. The highest BCUT2D eigenvalue weighted by molar-refractivity contribution is 8.00. The SMILES string of the molecule is [C]1CSNc2ccccc21. The average molecular weight is 149 g/mol. The number of benzene rings is 1. The Hall–Kier alpha value is -0.630. The molecule has 0 aromatic heterocycles. The molecule has 0 spiro atoms. The van der Waals surface area contributed by atoms with Crippen LogP contribution in [0.1, 0.15) is 5.56 Å². The van der Waals surface area contributed by atoms with Gasteiger partial charge in [0.1, 0.15) is 0 Å². The van der Waals surface area contributed by atoms with Gasteiger partial charge in [-0.05, 0) is 11.6 Å². The fraction of sp³-hybridized carbons (Fsp3) is 0.125.